The van der Waals surface area contributed by atoms with E-state index in [9.17, 15) is 13.6 Å². The van der Waals surface area contributed by atoms with Crippen LogP contribution < -0.4 is 10.6 Å². The smallest absolute Gasteiger partial charge is 0.270 e. The first-order valence-electron chi connectivity index (χ1n) is 7.93. The van der Waals surface area contributed by atoms with Gasteiger partial charge in [-0.1, -0.05) is 30.3 Å². The zero-order valence-corrected chi connectivity index (χ0v) is 13.9. The van der Waals surface area contributed by atoms with Crippen LogP contribution >= 0.6 is 0 Å². The third kappa shape index (κ3) is 4.18. The first-order valence-corrected chi connectivity index (χ1v) is 7.93. The summed E-state index contributed by atoms with van der Waals surface area (Å²) in [6.07, 6.45) is 1.20. The number of rotatable bonds is 5. The molecule has 1 aromatic heterocycles. The van der Waals surface area contributed by atoms with Crippen molar-refractivity contribution in [2.24, 2.45) is 0 Å². The Labute approximate surface area is 149 Å². The minimum absolute atomic E-state index is 0.0501. The average Bonchev–Trinajstić information content (AvgIpc) is 2.65. The highest BCUT2D eigenvalue weighted by molar-refractivity contribution is 5.93. The van der Waals surface area contributed by atoms with Crippen LogP contribution in [0, 0.1) is 11.6 Å². The molecule has 7 heteroatoms. The molecule has 3 aromatic rings. The molecule has 0 aliphatic heterocycles. The lowest BCUT2D eigenvalue weighted by atomic mass is 10.1. The van der Waals surface area contributed by atoms with Crippen molar-refractivity contribution < 1.29 is 13.6 Å². The number of anilines is 2. The van der Waals surface area contributed by atoms with Crippen molar-refractivity contribution >= 4 is 17.4 Å². The summed E-state index contributed by atoms with van der Waals surface area (Å²) < 4.78 is 26.7. The summed E-state index contributed by atoms with van der Waals surface area (Å²) >= 11 is 0. The molecule has 5 nitrogen and oxygen atoms in total. The highest BCUT2D eigenvalue weighted by atomic mass is 19.1. The van der Waals surface area contributed by atoms with Crippen LogP contribution in [-0.4, -0.2) is 15.9 Å². The van der Waals surface area contributed by atoms with Crippen molar-refractivity contribution in [2.75, 3.05) is 5.32 Å². The molecule has 132 valence electrons. The van der Waals surface area contributed by atoms with Crippen molar-refractivity contribution in [2.45, 2.75) is 13.0 Å². The Morgan fingerprint density at radius 3 is 2.54 bits per heavy atom. The van der Waals surface area contributed by atoms with Gasteiger partial charge in [0.25, 0.3) is 5.91 Å². The molecule has 0 bridgehead atoms. The predicted octanol–water partition coefficient (Wildman–Crippen LogP) is 3.99. The second kappa shape index (κ2) is 7.69. The van der Waals surface area contributed by atoms with Crippen LogP contribution in [0.2, 0.25) is 0 Å². The average molecular weight is 354 g/mol. The molecule has 0 fully saturated rings. The number of nitrogens with one attached hydrogen (secondary N) is 2. The summed E-state index contributed by atoms with van der Waals surface area (Å²) in [4.78, 5) is 20.3. The minimum atomic E-state index is -0.757. The van der Waals surface area contributed by atoms with E-state index in [1.807, 2.05) is 37.3 Å². The van der Waals surface area contributed by atoms with Gasteiger partial charge in [0.15, 0.2) is 0 Å². The van der Waals surface area contributed by atoms with Gasteiger partial charge in [0.1, 0.15) is 29.5 Å². The number of aromatic nitrogens is 2. The number of benzene rings is 2. The van der Waals surface area contributed by atoms with Gasteiger partial charge in [0.2, 0.25) is 0 Å². The van der Waals surface area contributed by atoms with Crippen LogP contribution in [-0.2, 0) is 0 Å². The van der Waals surface area contributed by atoms with Gasteiger partial charge in [-0.15, -0.1) is 0 Å². The molecule has 2 N–H and O–H groups in total. The van der Waals surface area contributed by atoms with Crippen molar-refractivity contribution in [3.63, 3.8) is 0 Å². The van der Waals surface area contributed by atoms with Crippen molar-refractivity contribution in [3.05, 3.63) is 83.8 Å². The first-order chi connectivity index (χ1) is 12.5. The van der Waals surface area contributed by atoms with E-state index in [1.54, 1.807) is 0 Å². The zero-order chi connectivity index (χ0) is 18.5. The standard InChI is InChI=1S/C19H16F2N4O/c1-12(13-5-3-2-4-6-13)24-19(26)17-10-18(23-11-22-17)25-16-8-7-14(20)9-15(16)21/h2-12H,1H3,(H,24,26)(H,22,23,25). The molecular formula is C19H16F2N4O. The first kappa shape index (κ1) is 17.5. The maximum Gasteiger partial charge on any atom is 0.270 e. The lowest BCUT2D eigenvalue weighted by Crippen LogP contribution is -2.27. The van der Waals surface area contributed by atoms with E-state index in [2.05, 4.69) is 20.6 Å². The van der Waals surface area contributed by atoms with Gasteiger partial charge in [-0.05, 0) is 24.6 Å². The van der Waals surface area contributed by atoms with E-state index in [0.29, 0.717) is 0 Å². The highest BCUT2D eigenvalue weighted by Gasteiger charge is 2.14. The quantitative estimate of drug-likeness (QED) is 0.727. The molecule has 0 saturated heterocycles. The molecule has 0 saturated carbocycles. The largest absolute Gasteiger partial charge is 0.344 e. The number of carbonyl (C=O) groups excluding carboxylic acids is 1. The maximum atomic E-state index is 13.7. The third-order valence-corrected chi connectivity index (χ3v) is 3.74. The molecule has 1 atom stereocenters. The van der Waals surface area contributed by atoms with Gasteiger partial charge in [0, 0.05) is 12.1 Å². The number of hydrogen-bond acceptors (Lipinski definition) is 4. The normalized spacial score (nSPS) is 11.7. The van der Waals surface area contributed by atoms with Gasteiger partial charge in [-0.25, -0.2) is 18.7 Å². The zero-order valence-electron chi connectivity index (χ0n) is 13.9. The van der Waals surface area contributed by atoms with E-state index in [1.165, 1.54) is 18.5 Å². The van der Waals surface area contributed by atoms with Crippen LogP contribution in [0.1, 0.15) is 29.0 Å². The Morgan fingerprint density at radius 2 is 1.81 bits per heavy atom. The second-order valence-electron chi connectivity index (χ2n) is 5.64. The van der Waals surface area contributed by atoms with Crippen LogP contribution in [0.15, 0.2) is 60.9 Å². The Hall–Kier alpha value is -3.35. The number of halogens is 2. The van der Waals surface area contributed by atoms with E-state index >= 15 is 0 Å². The fourth-order valence-corrected chi connectivity index (χ4v) is 2.37. The number of carbonyl (C=O) groups is 1. The summed E-state index contributed by atoms with van der Waals surface area (Å²) in [7, 11) is 0. The Balaban J connectivity index is 1.73. The maximum absolute atomic E-state index is 13.7. The molecule has 0 spiro atoms. The van der Waals surface area contributed by atoms with E-state index in [-0.39, 0.29) is 29.1 Å². The molecule has 2 aromatic carbocycles. The molecule has 1 unspecified atom stereocenters. The summed E-state index contributed by atoms with van der Waals surface area (Å²) in [6.45, 7) is 1.86. The molecule has 26 heavy (non-hydrogen) atoms. The van der Waals surface area contributed by atoms with Gasteiger partial charge in [0.05, 0.1) is 11.7 Å². The van der Waals surface area contributed by atoms with Crippen LogP contribution in [0.4, 0.5) is 20.3 Å². The van der Waals surface area contributed by atoms with Crippen molar-refractivity contribution in [1.29, 1.82) is 0 Å². The van der Waals surface area contributed by atoms with Gasteiger partial charge < -0.3 is 10.6 Å². The summed E-state index contributed by atoms with van der Waals surface area (Å²) in [5.41, 5.74) is 1.14. The fourth-order valence-electron chi connectivity index (χ4n) is 2.37. The molecule has 0 aliphatic rings. The number of nitrogens with zero attached hydrogens (tertiary/aromatic N) is 2. The summed E-state index contributed by atoms with van der Waals surface area (Å²) in [6, 6.07) is 13.8. The number of amides is 1. The van der Waals surface area contributed by atoms with Crippen LogP contribution in [0.5, 0.6) is 0 Å². The summed E-state index contributed by atoms with van der Waals surface area (Å²) in [5.74, 6) is -1.59. The second-order valence-corrected chi connectivity index (χ2v) is 5.64. The van der Waals surface area contributed by atoms with Gasteiger partial charge >= 0.3 is 0 Å². The van der Waals surface area contributed by atoms with Crippen molar-refractivity contribution in [3.8, 4) is 0 Å². The molecule has 0 radical (unpaired) electrons. The fraction of sp³-hybridized carbons (Fsp3) is 0.105. The molecule has 0 aliphatic carbocycles. The van der Waals surface area contributed by atoms with E-state index in [4.69, 9.17) is 0 Å². The van der Waals surface area contributed by atoms with E-state index in [0.717, 1.165) is 17.7 Å². The molecule has 1 amide bonds. The van der Waals surface area contributed by atoms with Crippen LogP contribution in [0.25, 0.3) is 0 Å². The van der Waals surface area contributed by atoms with Crippen LogP contribution in [0.3, 0.4) is 0 Å². The predicted molar refractivity (Wildman–Crippen MR) is 94.0 cm³/mol. The lowest BCUT2D eigenvalue weighted by Gasteiger charge is -2.14. The Morgan fingerprint density at radius 1 is 1.04 bits per heavy atom. The Kier molecular flexibility index (Phi) is 5.17. The minimum Gasteiger partial charge on any atom is -0.344 e. The lowest BCUT2D eigenvalue weighted by molar-refractivity contribution is 0.0934. The molecular weight excluding hydrogens is 338 g/mol. The molecule has 1 heterocycles. The van der Waals surface area contributed by atoms with Crippen molar-refractivity contribution in [1.82, 2.24) is 15.3 Å². The van der Waals surface area contributed by atoms with E-state index < -0.39 is 11.6 Å². The van der Waals surface area contributed by atoms with Gasteiger partial charge in [-0.2, -0.15) is 0 Å². The third-order valence-electron chi connectivity index (χ3n) is 3.74. The SMILES string of the molecule is CC(NC(=O)c1cc(Nc2ccc(F)cc2F)ncn1)c1ccccc1. The number of hydrogen-bond donors (Lipinski definition) is 2. The monoisotopic (exact) mass is 354 g/mol. The molecule has 3 rings (SSSR count). The highest BCUT2D eigenvalue weighted by Crippen LogP contribution is 2.19. The Bertz CT molecular complexity index is 918. The topological polar surface area (TPSA) is 66.9 Å². The van der Waals surface area contributed by atoms with Gasteiger partial charge in [-0.3, -0.25) is 4.79 Å². The summed E-state index contributed by atoms with van der Waals surface area (Å²) in [5, 5.41) is 5.55.